The Morgan fingerprint density at radius 1 is 1.32 bits per heavy atom. The van der Waals surface area contributed by atoms with Crippen LogP contribution in [0.5, 0.6) is 5.75 Å². The SMILES string of the molecule is CCC(=O)N1CCC(Oc2ccc(F)cc2C(C)(C)C)CC1. The summed E-state index contributed by atoms with van der Waals surface area (Å²) in [6.45, 7) is 9.53. The molecule has 1 saturated heterocycles. The average molecular weight is 307 g/mol. The fourth-order valence-electron chi connectivity index (χ4n) is 2.82. The molecule has 0 N–H and O–H groups in total. The van der Waals surface area contributed by atoms with Crippen molar-refractivity contribution >= 4 is 5.91 Å². The highest BCUT2D eigenvalue weighted by atomic mass is 19.1. The van der Waals surface area contributed by atoms with E-state index < -0.39 is 0 Å². The summed E-state index contributed by atoms with van der Waals surface area (Å²) in [6, 6.07) is 4.73. The second-order valence-electron chi connectivity index (χ2n) is 6.94. The molecule has 0 saturated carbocycles. The van der Waals surface area contributed by atoms with Crippen molar-refractivity contribution in [1.29, 1.82) is 0 Å². The molecular formula is C18H26FNO2. The van der Waals surface area contributed by atoms with Gasteiger partial charge < -0.3 is 9.64 Å². The van der Waals surface area contributed by atoms with Crippen molar-refractivity contribution in [2.75, 3.05) is 13.1 Å². The molecule has 3 nitrogen and oxygen atoms in total. The lowest BCUT2D eigenvalue weighted by Crippen LogP contribution is -2.41. The molecule has 0 aliphatic carbocycles. The third kappa shape index (κ3) is 3.99. The third-order valence-corrected chi connectivity index (χ3v) is 4.14. The molecule has 0 unspecified atom stereocenters. The quantitative estimate of drug-likeness (QED) is 0.847. The predicted molar refractivity (Wildman–Crippen MR) is 85.6 cm³/mol. The van der Waals surface area contributed by atoms with Gasteiger partial charge >= 0.3 is 0 Å². The number of carbonyl (C=O) groups is 1. The van der Waals surface area contributed by atoms with Crippen LogP contribution >= 0.6 is 0 Å². The Kier molecular flexibility index (Phi) is 5.09. The second kappa shape index (κ2) is 6.67. The van der Waals surface area contributed by atoms with E-state index >= 15 is 0 Å². The number of hydrogen-bond donors (Lipinski definition) is 0. The van der Waals surface area contributed by atoms with Gasteiger partial charge in [0, 0.05) is 37.9 Å². The number of hydrogen-bond acceptors (Lipinski definition) is 2. The minimum atomic E-state index is -0.236. The summed E-state index contributed by atoms with van der Waals surface area (Å²) in [5.41, 5.74) is 0.718. The molecule has 2 rings (SSSR count). The monoisotopic (exact) mass is 307 g/mol. The van der Waals surface area contributed by atoms with Crippen molar-refractivity contribution in [2.24, 2.45) is 0 Å². The molecule has 1 aromatic carbocycles. The number of halogens is 1. The molecule has 0 radical (unpaired) electrons. The number of amides is 1. The molecular weight excluding hydrogens is 281 g/mol. The van der Waals surface area contributed by atoms with Crippen molar-refractivity contribution < 1.29 is 13.9 Å². The van der Waals surface area contributed by atoms with E-state index in [9.17, 15) is 9.18 Å². The summed E-state index contributed by atoms with van der Waals surface area (Å²) in [4.78, 5) is 13.6. The Hall–Kier alpha value is -1.58. The molecule has 0 aromatic heterocycles. The molecule has 1 aliphatic heterocycles. The number of nitrogens with zero attached hydrogens (tertiary/aromatic N) is 1. The van der Waals surface area contributed by atoms with E-state index in [-0.39, 0.29) is 23.2 Å². The third-order valence-electron chi connectivity index (χ3n) is 4.14. The van der Waals surface area contributed by atoms with Gasteiger partial charge in [-0.25, -0.2) is 4.39 Å². The van der Waals surface area contributed by atoms with Crippen LogP contribution in [0.1, 0.15) is 52.5 Å². The minimum absolute atomic E-state index is 0.0902. The van der Waals surface area contributed by atoms with Crippen LogP contribution in [0.2, 0.25) is 0 Å². The van der Waals surface area contributed by atoms with Crippen molar-refractivity contribution in [3.8, 4) is 5.75 Å². The van der Waals surface area contributed by atoms with E-state index in [0.29, 0.717) is 6.42 Å². The molecule has 1 aromatic rings. The Balaban J connectivity index is 2.05. The fraction of sp³-hybridized carbons (Fsp3) is 0.611. The topological polar surface area (TPSA) is 29.5 Å². The summed E-state index contributed by atoms with van der Waals surface area (Å²) in [5, 5.41) is 0. The Bertz CT molecular complexity index is 528. The molecule has 0 bridgehead atoms. The highest BCUT2D eigenvalue weighted by Crippen LogP contribution is 2.33. The summed E-state index contributed by atoms with van der Waals surface area (Å²) in [5.74, 6) is 0.727. The summed E-state index contributed by atoms with van der Waals surface area (Å²) in [7, 11) is 0. The summed E-state index contributed by atoms with van der Waals surface area (Å²) < 4.78 is 19.7. The lowest BCUT2D eigenvalue weighted by atomic mass is 9.86. The van der Waals surface area contributed by atoms with Crippen LogP contribution in [0.25, 0.3) is 0 Å². The first-order chi connectivity index (χ1) is 10.3. The Labute approximate surface area is 132 Å². The van der Waals surface area contributed by atoms with E-state index in [4.69, 9.17) is 4.74 Å². The van der Waals surface area contributed by atoms with E-state index in [1.54, 1.807) is 12.1 Å². The van der Waals surface area contributed by atoms with E-state index in [0.717, 1.165) is 37.2 Å². The van der Waals surface area contributed by atoms with Crippen molar-refractivity contribution in [2.45, 2.75) is 58.5 Å². The highest BCUT2D eigenvalue weighted by molar-refractivity contribution is 5.75. The first kappa shape index (κ1) is 16.8. The maximum atomic E-state index is 13.5. The molecule has 1 heterocycles. The van der Waals surface area contributed by atoms with Crippen molar-refractivity contribution in [3.63, 3.8) is 0 Å². The van der Waals surface area contributed by atoms with Gasteiger partial charge in [0.1, 0.15) is 17.7 Å². The van der Waals surface area contributed by atoms with Crippen LogP contribution in [-0.2, 0) is 10.2 Å². The zero-order valence-corrected chi connectivity index (χ0v) is 14.0. The molecule has 0 atom stereocenters. The van der Waals surface area contributed by atoms with E-state index in [2.05, 4.69) is 20.8 Å². The van der Waals surface area contributed by atoms with Crippen LogP contribution in [0.4, 0.5) is 4.39 Å². The first-order valence-corrected chi connectivity index (χ1v) is 8.05. The van der Waals surface area contributed by atoms with Gasteiger partial charge in [-0.05, 0) is 23.6 Å². The minimum Gasteiger partial charge on any atom is -0.490 e. The number of carbonyl (C=O) groups excluding carboxylic acids is 1. The predicted octanol–water partition coefficient (Wildman–Crippen LogP) is 3.90. The number of piperidine rings is 1. The average Bonchev–Trinajstić information content (AvgIpc) is 2.48. The van der Waals surface area contributed by atoms with Gasteiger partial charge in [0.15, 0.2) is 0 Å². The normalized spacial score (nSPS) is 16.7. The lowest BCUT2D eigenvalue weighted by molar-refractivity contribution is -0.132. The fourth-order valence-corrected chi connectivity index (χ4v) is 2.82. The number of benzene rings is 1. The van der Waals surface area contributed by atoms with E-state index in [1.165, 1.54) is 6.07 Å². The standard InChI is InChI=1S/C18H26FNO2/c1-5-17(21)20-10-8-14(9-11-20)22-16-7-6-13(19)12-15(16)18(2,3)4/h6-7,12,14H,5,8-11H2,1-4H3. The maximum absolute atomic E-state index is 13.5. The molecule has 122 valence electrons. The molecule has 1 fully saturated rings. The summed E-state index contributed by atoms with van der Waals surface area (Å²) >= 11 is 0. The molecule has 22 heavy (non-hydrogen) atoms. The molecule has 0 spiro atoms. The number of rotatable bonds is 3. The maximum Gasteiger partial charge on any atom is 0.222 e. The zero-order valence-electron chi connectivity index (χ0n) is 14.0. The van der Waals surface area contributed by atoms with Crippen LogP contribution in [0.15, 0.2) is 18.2 Å². The van der Waals surface area contributed by atoms with Gasteiger partial charge in [-0.1, -0.05) is 27.7 Å². The van der Waals surface area contributed by atoms with Gasteiger partial charge in [0.25, 0.3) is 0 Å². The number of ether oxygens (including phenoxy) is 1. The van der Waals surface area contributed by atoms with Crippen LogP contribution in [0.3, 0.4) is 0 Å². The summed E-state index contributed by atoms with van der Waals surface area (Å²) in [6.07, 6.45) is 2.30. The largest absolute Gasteiger partial charge is 0.490 e. The van der Waals surface area contributed by atoms with Crippen LogP contribution in [-0.4, -0.2) is 30.0 Å². The molecule has 1 amide bonds. The van der Waals surface area contributed by atoms with Gasteiger partial charge in [-0.15, -0.1) is 0 Å². The molecule has 1 aliphatic rings. The first-order valence-electron chi connectivity index (χ1n) is 8.05. The Morgan fingerprint density at radius 2 is 1.95 bits per heavy atom. The van der Waals surface area contributed by atoms with Crippen LogP contribution in [0, 0.1) is 5.82 Å². The van der Waals surface area contributed by atoms with Gasteiger partial charge in [-0.3, -0.25) is 4.79 Å². The smallest absolute Gasteiger partial charge is 0.222 e. The Morgan fingerprint density at radius 3 is 2.50 bits per heavy atom. The zero-order chi connectivity index (χ0) is 16.3. The van der Waals surface area contributed by atoms with Gasteiger partial charge in [-0.2, -0.15) is 0 Å². The van der Waals surface area contributed by atoms with Gasteiger partial charge in [0.2, 0.25) is 5.91 Å². The van der Waals surface area contributed by atoms with Crippen molar-refractivity contribution in [1.82, 2.24) is 4.90 Å². The lowest BCUT2D eigenvalue weighted by Gasteiger charge is -2.33. The number of likely N-dealkylation sites (tertiary alicyclic amines) is 1. The van der Waals surface area contributed by atoms with Crippen LogP contribution < -0.4 is 4.74 Å². The van der Waals surface area contributed by atoms with E-state index in [1.807, 2.05) is 11.8 Å². The highest BCUT2D eigenvalue weighted by Gasteiger charge is 2.26. The second-order valence-corrected chi connectivity index (χ2v) is 6.94. The van der Waals surface area contributed by atoms with Gasteiger partial charge in [0.05, 0.1) is 0 Å². The molecule has 4 heteroatoms. The van der Waals surface area contributed by atoms with Crippen molar-refractivity contribution in [3.05, 3.63) is 29.6 Å².